The Balaban J connectivity index is 1.68. The van der Waals surface area contributed by atoms with Crippen LogP contribution in [-0.2, 0) is 6.61 Å². The number of nitro groups is 1. The number of carbonyl (C=O) groups excluding carboxylic acids is 1. The molecule has 0 aliphatic heterocycles. The van der Waals surface area contributed by atoms with Gasteiger partial charge in [-0.1, -0.05) is 18.2 Å². The van der Waals surface area contributed by atoms with E-state index in [0.29, 0.717) is 27.1 Å². The quantitative estimate of drug-likeness (QED) is 0.270. The van der Waals surface area contributed by atoms with E-state index in [1.54, 1.807) is 30.3 Å². The number of methoxy groups -OCH3 is 1. The Kier molecular flexibility index (Phi) is 7.50. The Morgan fingerprint density at radius 1 is 1.19 bits per heavy atom. The number of nitrogens with zero attached hydrogens (tertiary/aromatic N) is 2. The summed E-state index contributed by atoms with van der Waals surface area (Å²) in [6.07, 6.45) is 1.40. The highest BCUT2D eigenvalue weighted by Gasteiger charge is 2.12. The summed E-state index contributed by atoms with van der Waals surface area (Å²) in [6.45, 7) is 0.0220. The fourth-order valence-electron chi connectivity index (χ4n) is 2.65. The van der Waals surface area contributed by atoms with E-state index in [4.69, 9.17) is 9.47 Å². The van der Waals surface area contributed by atoms with Crippen molar-refractivity contribution in [2.24, 2.45) is 5.10 Å². The summed E-state index contributed by atoms with van der Waals surface area (Å²) in [4.78, 5) is 22.3. The van der Waals surface area contributed by atoms with Gasteiger partial charge in [0.25, 0.3) is 11.6 Å². The van der Waals surface area contributed by atoms with Crippen LogP contribution in [0.1, 0.15) is 21.5 Å². The molecule has 0 radical (unpaired) electrons. The predicted octanol–water partition coefficient (Wildman–Crippen LogP) is 4.85. The van der Waals surface area contributed by atoms with Crippen molar-refractivity contribution in [3.05, 3.63) is 97.8 Å². The zero-order valence-corrected chi connectivity index (χ0v) is 18.3. The number of benzene rings is 3. The van der Waals surface area contributed by atoms with Crippen LogP contribution in [0, 0.1) is 15.9 Å². The molecule has 0 fully saturated rings. The normalized spacial score (nSPS) is 10.7. The molecule has 1 amide bonds. The van der Waals surface area contributed by atoms with Crippen LogP contribution in [0.15, 0.2) is 70.2 Å². The number of carbonyl (C=O) groups is 1. The molecule has 10 heteroatoms. The molecule has 0 unspecified atom stereocenters. The molecule has 8 nitrogen and oxygen atoms in total. The van der Waals surface area contributed by atoms with Gasteiger partial charge in [0.1, 0.15) is 12.4 Å². The van der Waals surface area contributed by atoms with Crippen molar-refractivity contribution in [3.63, 3.8) is 0 Å². The van der Waals surface area contributed by atoms with Gasteiger partial charge in [-0.2, -0.15) is 5.10 Å². The maximum absolute atomic E-state index is 13.8. The van der Waals surface area contributed by atoms with Crippen LogP contribution in [0.3, 0.4) is 0 Å². The first-order chi connectivity index (χ1) is 15.4. The summed E-state index contributed by atoms with van der Waals surface area (Å²) in [5.74, 6) is -0.0931. The molecule has 0 heterocycles. The fraction of sp³-hybridized carbons (Fsp3) is 0.0909. The van der Waals surface area contributed by atoms with E-state index in [0.717, 1.165) is 0 Å². The predicted molar refractivity (Wildman–Crippen MR) is 120 cm³/mol. The van der Waals surface area contributed by atoms with Crippen LogP contribution in [0.25, 0.3) is 0 Å². The molecule has 0 saturated carbocycles. The Morgan fingerprint density at radius 2 is 1.91 bits per heavy atom. The van der Waals surface area contributed by atoms with Crippen LogP contribution in [0.4, 0.5) is 10.1 Å². The summed E-state index contributed by atoms with van der Waals surface area (Å²) >= 11 is 3.41. The van der Waals surface area contributed by atoms with E-state index in [1.807, 2.05) is 0 Å². The van der Waals surface area contributed by atoms with Gasteiger partial charge in [0.2, 0.25) is 0 Å². The molecule has 0 bridgehead atoms. The zero-order valence-electron chi connectivity index (χ0n) is 16.7. The number of halogens is 2. The van der Waals surface area contributed by atoms with Crippen molar-refractivity contribution in [2.75, 3.05) is 7.11 Å². The highest BCUT2D eigenvalue weighted by molar-refractivity contribution is 9.10. The second kappa shape index (κ2) is 10.5. The average Bonchev–Trinajstić information content (AvgIpc) is 2.79. The summed E-state index contributed by atoms with van der Waals surface area (Å²) in [5, 5.41) is 14.6. The van der Waals surface area contributed by atoms with Gasteiger partial charge in [0, 0.05) is 33.3 Å². The van der Waals surface area contributed by atoms with E-state index in [-0.39, 0.29) is 23.7 Å². The van der Waals surface area contributed by atoms with Gasteiger partial charge in [-0.05, 0) is 46.3 Å². The maximum Gasteiger partial charge on any atom is 0.271 e. The number of hydrogen-bond acceptors (Lipinski definition) is 6. The van der Waals surface area contributed by atoms with E-state index in [2.05, 4.69) is 26.5 Å². The number of non-ortho nitro benzene ring substituents is 1. The first-order valence-electron chi connectivity index (χ1n) is 9.20. The van der Waals surface area contributed by atoms with Gasteiger partial charge in [-0.3, -0.25) is 14.9 Å². The number of nitrogens with one attached hydrogen (secondary N) is 1. The summed E-state index contributed by atoms with van der Waals surface area (Å²) in [6, 6.07) is 14.8. The van der Waals surface area contributed by atoms with Gasteiger partial charge in [-0.15, -0.1) is 0 Å². The molecule has 0 aliphatic carbocycles. The van der Waals surface area contributed by atoms with Crippen molar-refractivity contribution >= 4 is 33.7 Å². The fourth-order valence-corrected chi connectivity index (χ4v) is 3.08. The number of nitro benzene ring substituents is 1. The third-order valence-electron chi connectivity index (χ3n) is 4.33. The summed E-state index contributed by atoms with van der Waals surface area (Å²) in [7, 11) is 1.47. The molecule has 0 spiro atoms. The first kappa shape index (κ1) is 22.9. The molecule has 3 aromatic rings. The molecular formula is C22H17BrFN3O5. The smallest absolute Gasteiger partial charge is 0.271 e. The maximum atomic E-state index is 13.8. The monoisotopic (exact) mass is 501 g/mol. The highest BCUT2D eigenvalue weighted by atomic mass is 79.9. The Bertz CT molecular complexity index is 1170. The molecule has 164 valence electrons. The second-order valence-corrected chi connectivity index (χ2v) is 7.26. The van der Waals surface area contributed by atoms with E-state index < -0.39 is 10.8 Å². The van der Waals surface area contributed by atoms with Gasteiger partial charge in [0.05, 0.1) is 18.2 Å². The average molecular weight is 502 g/mol. The largest absolute Gasteiger partial charge is 0.493 e. The minimum absolute atomic E-state index is 0.0220. The molecule has 3 aromatic carbocycles. The third kappa shape index (κ3) is 5.67. The van der Waals surface area contributed by atoms with Crippen molar-refractivity contribution < 1.29 is 23.6 Å². The van der Waals surface area contributed by atoms with Crippen molar-refractivity contribution in [1.82, 2.24) is 5.43 Å². The van der Waals surface area contributed by atoms with E-state index in [9.17, 15) is 19.3 Å². The molecule has 3 rings (SSSR count). The molecular weight excluding hydrogens is 485 g/mol. The molecule has 1 N–H and O–H groups in total. The van der Waals surface area contributed by atoms with Crippen LogP contribution in [-0.4, -0.2) is 24.2 Å². The van der Waals surface area contributed by atoms with Crippen LogP contribution < -0.4 is 14.9 Å². The lowest BCUT2D eigenvalue weighted by atomic mass is 10.2. The highest BCUT2D eigenvalue weighted by Crippen LogP contribution is 2.33. The van der Waals surface area contributed by atoms with E-state index in [1.165, 1.54) is 43.7 Å². The number of hydrazone groups is 1. The molecule has 0 atom stereocenters. The summed E-state index contributed by atoms with van der Waals surface area (Å²) < 4.78 is 25.4. The number of amides is 1. The second-order valence-electron chi connectivity index (χ2n) is 6.41. The Morgan fingerprint density at radius 3 is 2.56 bits per heavy atom. The van der Waals surface area contributed by atoms with Gasteiger partial charge in [-0.25, -0.2) is 9.82 Å². The van der Waals surface area contributed by atoms with Crippen molar-refractivity contribution in [1.29, 1.82) is 0 Å². The SMILES string of the molecule is COc1cc(/C=N/NC(=O)c2ccc([N+](=O)[O-])cc2)c(Br)cc1OCc1ccccc1F. The van der Waals surface area contributed by atoms with Crippen molar-refractivity contribution in [3.8, 4) is 11.5 Å². The Hall–Kier alpha value is -3.79. The molecule has 32 heavy (non-hydrogen) atoms. The minimum Gasteiger partial charge on any atom is -0.493 e. The standard InChI is InChI=1S/C22H17BrFN3O5/c1-31-20-10-16(12-25-26-22(28)14-6-8-17(9-7-14)27(29)30)18(23)11-21(20)32-13-15-4-2-3-5-19(15)24/h2-12H,13H2,1H3,(H,26,28)/b25-12+. The molecule has 0 saturated heterocycles. The van der Waals surface area contributed by atoms with Crippen LogP contribution >= 0.6 is 15.9 Å². The third-order valence-corrected chi connectivity index (χ3v) is 5.02. The number of ether oxygens (including phenoxy) is 2. The van der Waals surface area contributed by atoms with Gasteiger partial charge in [0.15, 0.2) is 11.5 Å². The van der Waals surface area contributed by atoms with Gasteiger partial charge >= 0.3 is 0 Å². The summed E-state index contributed by atoms with van der Waals surface area (Å²) in [5.41, 5.74) is 3.46. The van der Waals surface area contributed by atoms with Crippen molar-refractivity contribution in [2.45, 2.75) is 6.61 Å². The Labute approximate surface area is 190 Å². The lowest BCUT2D eigenvalue weighted by Gasteiger charge is -2.13. The number of rotatable bonds is 8. The minimum atomic E-state index is -0.547. The number of hydrogen-bond donors (Lipinski definition) is 1. The first-order valence-corrected chi connectivity index (χ1v) is 10.00. The topological polar surface area (TPSA) is 103 Å². The lowest BCUT2D eigenvalue weighted by Crippen LogP contribution is -2.17. The zero-order chi connectivity index (χ0) is 23.1. The van der Waals surface area contributed by atoms with Crippen LogP contribution in [0.2, 0.25) is 0 Å². The van der Waals surface area contributed by atoms with Crippen LogP contribution in [0.5, 0.6) is 11.5 Å². The van der Waals surface area contributed by atoms with Gasteiger partial charge < -0.3 is 9.47 Å². The molecule has 0 aliphatic rings. The lowest BCUT2D eigenvalue weighted by molar-refractivity contribution is -0.384. The molecule has 0 aromatic heterocycles. The van der Waals surface area contributed by atoms with E-state index >= 15 is 0 Å².